The lowest BCUT2D eigenvalue weighted by Gasteiger charge is -2.08. The Hall–Kier alpha value is -4.21. The highest BCUT2D eigenvalue weighted by atomic mass is 16.5. The molecular weight excluding hydrogens is 398 g/mol. The van der Waals surface area contributed by atoms with Crippen molar-refractivity contribution >= 4 is 29.0 Å². The third-order valence-corrected chi connectivity index (χ3v) is 4.43. The van der Waals surface area contributed by atoms with Crippen LogP contribution in [0.3, 0.4) is 0 Å². The monoisotopic (exact) mass is 419 g/mol. The summed E-state index contributed by atoms with van der Waals surface area (Å²) in [5.41, 5.74) is 2.38. The Morgan fingerprint density at radius 3 is 2.68 bits per heavy atom. The number of ether oxygens (including phenoxy) is 1. The van der Waals surface area contributed by atoms with E-state index < -0.39 is 0 Å². The van der Waals surface area contributed by atoms with Gasteiger partial charge in [-0.3, -0.25) is 14.3 Å². The lowest BCUT2D eigenvalue weighted by Crippen LogP contribution is -2.16. The SMILES string of the molecule is CCC(=O)Nc1cn2nc(Oc3cccc(NC(=O)c4cc(C)nn4C)c3)ccc2n1. The summed E-state index contributed by atoms with van der Waals surface area (Å²) < 4.78 is 8.90. The number of rotatable bonds is 6. The van der Waals surface area contributed by atoms with Crippen molar-refractivity contribution in [3.63, 3.8) is 0 Å². The van der Waals surface area contributed by atoms with Crippen LogP contribution in [0.15, 0.2) is 48.7 Å². The molecule has 0 unspecified atom stereocenters. The number of fused-ring (bicyclic) bond motifs is 1. The van der Waals surface area contributed by atoms with Gasteiger partial charge < -0.3 is 15.4 Å². The fourth-order valence-electron chi connectivity index (χ4n) is 2.99. The number of aromatic nitrogens is 5. The molecule has 4 aromatic rings. The second-order valence-corrected chi connectivity index (χ2v) is 6.88. The molecule has 10 heteroatoms. The zero-order chi connectivity index (χ0) is 22.0. The van der Waals surface area contributed by atoms with Gasteiger partial charge in [0.25, 0.3) is 5.91 Å². The number of aryl methyl sites for hydroxylation is 2. The second-order valence-electron chi connectivity index (χ2n) is 6.88. The quantitative estimate of drug-likeness (QED) is 0.496. The van der Waals surface area contributed by atoms with Crippen LogP contribution in [0.5, 0.6) is 11.6 Å². The molecule has 0 fully saturated rings. The number of benzene rings is 1. The van der Waals surface area contributed by atoms with E-state index in [0.29, 0.717) is 40.9 Å². The van der Waals surface area contributed by atoms with E-state index in [2.05, 4.69) is 25.8 Å². The van der Waals surface area contributed by atoms with Crippen LogP contribution < -0.4 is 15.4 Å². The topological polar surface area (TPSA) is 115 Å². The van der Waals surface area contributed by atoms with E-state index in [1.54, 1.807) is 62.6 Å². The minimum atomic E-state index is -0.264. The third kappa shape index (κ3) is 4.53. The molecule has 2 amide bonds. The first kappa shape index (κ1) is 20.1. The Kier molecular flexibility index (Phi) is 5.35. The van der Waals surface area contributed by atoms with Crippen molar-refractivity contribution in [2.45, 2.75) is 20.3 Å². The Bertz CT molecular complexity index is 1280. The molecule has 0 saturated heterocycles. The summed E-state index contributed by atoms with van der Waals surface area (Å²) in [6.07, 6.45) is 1.98. The molecular formula is C21H21N7O3. The first-order valence-corrected chi connectivity index (χ1v) is 9.67. The fourth-order valence-corrected chi connectivity index (χ4v) is 2.99. The minimum absolute atomic E-state index is 0.125. The highest BCUT2D eigenvalue weighted by molar-refractivity contribution is 6.03. The van der Waals surface area contributed by atoms with E-state index in [9.17, 15) is 9.59 Å². The Morgan fingerprint density at radius 2 is 1.94 bits per heavy atom. The largest absolute Gasteiger partial charge is 0.438 e. The molecule has 0 atom stereocenters. The number of imidazole rings is 1. The molecule has 0 aliphatic rings. The number of carbonyl (C=O) groups is 2. The maximum absolute atomic E-state index is 12.5. The first-order valence-electron chi connectivity index (χ1n) is 9.67. The molecule has 3 aromatic heterocycles. The molecule has 0 radical (unpaired) electrons. The van der Waals surface area contributed by atoms with Crippen LogP contribution in [-0.2, 0) is 11.8 Å². The van der Waals surface area contributed by atoms with Crippen molar-refractivity contribution in [2.24, 2.45) is 7.05 Å². The number of nitrogens with one attached hydrogen (secondary N) is 2. The average Bonchev–Trinajstić information content (AvgIpc) is 3.29. The predicted octanol–water partition coefficient (Wildman–Crippen LogP) is 3.16. The Labute approximate surface area is 177 Å². The number of anilines is 2. The van der Waals surface area contributed by atoms with Crippen molar-refractivity contribution in [3.05, 3.63) is 60.0 Å². The van der Waals surface area contributed by atoms with Gasteiger partial charge in [0.05, 0.1) is 11.9 Å². The van der Waals surface area contributed by atoms with Gasteiger partial charge in [-0.1, -0.05) is 13.0 Å². The summed E-state index contributed by atoms with van der Waals surface area (Å²) in [6.45, 7) is 3.60. The number of amides is 2. The van der Waals surface area contributed by atoms with Crippen molar-refractivity contribution < 1.29 is 14.3 Å². The van der Waals surface area contributed by atoms with Crippen LogP contribution in [0.4, 0.5) is 11.5 Å². The van der Waals surface area contributed by atoms with Gasteiger partial charge in [-0.05, 0) is 31.2 Å². The van der Waals surface area contributed by atoms with Gasteiger partial charge in [0.1, 0.15) is 11.4 Å². The van der Waals surface area contributed by atoms with Crippen LogP contribution in [0.25, 0.3) is 5.65 Å². The van der Waals surface area contributed by atoms with Crippen molar-refractivity contribution in [3.8, 4) is 11.6 Å². The van der Waals surface area contributed by atoms with Gasteiger partial charge in [-0.15, -0.1) is 5.10 Å². The molecule has 3 heterocycles. The van der Waals surface area contributed by atoms with E-state index in [1.807, 2.05) is 6.92 Å². The maximum Gasteiger partial charge on any atom is 0.273 e. The number of hydrogen-bond donors (Lipinski definition) is 2. The first-order chi connectivity index (χ1) is 14.9. The molecule has 4 rings (SSSR count). The predicted molar refractivity (Wildman–Crippen MR) is 114 cm³/mol. The summed E-state index contributed by atoms with van der Waals surface area (Å²) in [4.78, 5) is 28.3. The van der Waals surface area contributed by atoms with Crippen LogP contribution >= 0.6 is 0 Å². The van der Waals surface area contributed by atoms with Crippen molar-refractivity contribution in [2.75, 3.05) is 10.6 Å². The van der Waals surface area contributed by atoms with E-state index in [1.165, 1.54) is 9.20 Å². The molecule has 31 heavy (non-hydrogen) atoms. The average molecular weight is 419 g/mol. The molecule has 0 saturated carbocycles. The molecule has 2 N–H and O–H groups in total. The normalized spacial score (nSPS) is 10.8. The molecule has 0 aliphatic carbocycles. The number of carbonyl (C=O) groups excluding carboxylic acids is 2. The summed E-state index contributed by atoms with van der Waals surface area (Å²) in [5, 5.41) is 14.1. The third-order valence-electron chi connectivity index (χ3n) is 4.43. The van der Waals surface area contributed by atoms with E-state index in [4.69, 9.17) is 4.74 Å². The molecule has 1 aromatic carbocycles. The van der Waals surface area contributed by atoms with Crippen LogP contribution in [0.2, 0.25) is 0 Å². The van der Waals surface area contributed by atoms with Crippen LogP contribution in [0.1, 0.15) is 29.5 Å². The van der Waals surface area contributed by atoms with Crippen LogP contribution in [-0.4, -0.2) is 36.2 Å². The van der Waals surface area contributed by atoms with Gasteiger partial charge in [-0.25, -0.2) is 9.50 Å². The molecule has 158 valence electrons. The fraction of sp³-hybridized carbons (Fsp3) is 0.190. The molecule has 10 nitrogen and oxygen atoms in total. The van der Waals surface area contributed by atoms with E-state index in [0.717, 1.165) is 5.69 Å². The standard InChI is InChI=1S/C21H21N7O3/c1-4-19(29)24-17-12-28-18(23-17)8-9-20(26-28)31-15-7-5-6-14(11-15)22-21(30)16-10-13(2)25-27(16)3/h5-12H,4H2,1-3H3,(H,22,30)(H,24,29). The highest BCUT2D eigenvalue weighted by Gasteiger charge is 2.13. The zero-order valence-corrected chi connectivity index (χ0v) is 17.3. The summed E-state index contributed by atoms with van der Waals surface area (Å²) >= 11 is 0. The zero-order valence-electron chi connectivity index (χ0n) is 17.3. The second kappa shape index (κ2) is 8.27. The smallest absolute Gasteiger partial charge is 0.273 e. The van der Waals surface area contributed by atoms with E-state index >= 15 is 0 Å². The highest BCUT2D eigenvalue weighted by Crippen LogP contribution is 2.24. The van der Waals surface area contributed by atoms with Gasteiger partial charge in [-0.2, -0.15) is 5.10 Å². The molecule has 0 aliphatic heterocycles. The number of hydrogen-bond acceptors (Lipinski definition) is 6. The van der Waals surface area contributed by atoms with Gasteiger partial charge in [0.15, 0.2) is 11.5 Å². The minimum Gasteiger partial charge on any atom is -0.438 e. The van der Waals surface area contributed by atoms with Crippen molar-refractivity contribution in [1.82, 2.24) is 24.4 Å². The van der Waals surface area contributed by atoms with E-state index in [-0.39, 0.29) is 11.8 Å². The lowest BCUT2D eigenvalue weighted by atomic mass is 10.3. The maximum atomic E-state index is 12.5. The summed E-state index contributed by atoms with van der Waals surface area (Å²) in [7, 11) is 1.72. The van der Waals surface area contributed by atoms with Gasteiger partial charge in [0, 0.05) is 31.3 Å². The lowest BCUT2D eigenvalue weighted by molar-refractivity contribution is -0.115. The van der Waals surface area contributed by atoms with Crippen LogP contribution in [0, 0.1) is 6.92 Å². The van der Waals surface area contributed by atoms with Gasteiger partial charge >= 0.3 is 0 Å². The molecule has 0 bridgehead atoms. The Balaban J connectivity index is 1.49. The summed E-state index contributed by atoms with van der Waals surface area (Å²) in [6, 6.07) is 12.1. The van der Waals surface area contributed by atoms with Crippen molar-refractivity contribution in [1.29, 1.82) is 0 Å². The van der Waals surface area contributed by atoms with Gasteiger partial charge in [0.2, 0.25) is 11.8 Å². The summed E-state index contributed by atoms with van der Waals surface area (Å²) in [5.74, 6) is 0.876. The Morgan fingerprint density at radius 1 is 1.10 bits per heavy atom. The number of nitrogens with zero attached hydrogens (tertiary/aromatic N) is 5. The molecule has 0 spiro atoms.